The molecular formula is C20H27N4O2S. The molecule has 0 bridgehead atoms. The van der Waals surface area contributed by atoms with Gasteiger partial charge in [0.1, 0.15) is 5.54 Å². The van der Waals surface area contributed by atoms with E-state index in [1.165, 1.54) is 43.4 Å². The van der Waals surface area contributed by atoms with Crippen molar-refractivity contribution in [3.05, 3.63) is 28.3 Å². The third-order valence-corrected chi connectivity index (χ3v) is 6.65. The van der Waals surface area contributed by atoms with Crippen LogP contribution >= 0.6 is 11.3 Å². The maximum Gasteiger partial charge on any atom is 0.258 e. The monoisotopic (exact) mass is 387 g/mol. The van der Waals surface area contributed by atoms with Crippen molar-refractivity contribution in [1.29, 1.82) is 5.26 Å². The molecule has 1 aromatic rings. The highest BCUT2D eigenvalue weighted by Crippen LogP contribution is 2.28. The Morgan fingerprint density at radius 3 is 2.81 bits per heavy atom. The predicted molar refractivity (Wildman–Crippen MR) is 105 cm³/mol. The molecule has 0 spiro atoms. The highest BCUT2D eigenvalue weighted by Gasteiger charge is 2.39. The number of nitriles is 1. The fourth-order valence-corrected chi connectivity index (χ4v) is 4.95. The molecule has 1 aromatic heterocycles. The summed E-state index contributed by atoms with van der Waals surface area (Å²) >= 11 is 1.38. The second kappa shape index (κ2) is 8.85. The number of carbonyl (C=O) groups excluding carboxylic acids is 2. The first-order valence-corrected chi connectivity index (χ1v) is 10.5. The molecule has 1 saturated heterocycles. The third-order valence-electron chi connectivity index (χ3n) is 5.57. The molecule has 1 radical (unpaired) electrons. The number of hydrogen-bond acceptors (Lipinski definition) is 5. The lowest BCUT2D eigenvalue weighted by Crippen LogP contribution is -2.49. The Morgan fingerprint density at radius 2 is 2.15 bits per heavy atom. The van der Waals surface area contributed by atoms with Gasteiger partial charge in [-0.3, -0.25) is 14.5 Å². The minimum absolute atomic E-state index is 0.129. The summed E-state index contributed by atoms with van der Waals surface area (Å²) in [6, 6.07) is 5.95. The number of hydrogen-bond donors (Lipinski definition) is 2. The van der Waals surface area contributed by atoms with E-state index in [0.717, 1.165) is 17.8 Å². The van der Waals surface area contributed by atoms with Gasteiger partial charge in [-0.05, 0) is 30.9 Å². The molecule has 1 aliphatic heterocycles. The number of primary amides is 1. The lowest BCUT2D eigenvalue weighted by atomic mass is 9.86. The average molecular weight is 388 g/mol. The van der Waals surface area contributed by atoms with Gasteiger partial charge in [0.15, 0.2) is 0 Å². The minimum atomic E-state index is -0.829. The third kappa shape index (κ3) is 5.30. The Bertz CT molecular complexity index is 720. The van der Waals surface area contributed by atoms with Crippen molar-refractivity contribution in [3.63, 3.8) is 0 Å². The smallest absolute Gasteiger partial charge is 0.258 e. The van der Waals surface area contributed by atoms with E-state index < -0.39 is 11.4 Å². The summed E-state index contributed by atoms with van der Waals surface area (Å²) in [6.45, 7) is 1.89. The zero-order valence-electron chi connectivity index (χ0n) is 15.6. The zero-order valence-corrected chi connectivity index (χ0v) is 16.4. The lowest BCUT2D eigenvalue weighted by molar-refractivity contribution is -0.119. The first-order valence-electron chi connectivity index (χ1n) is 9.67. The summed E-state index contributed by atoms with van der Waals surface area (Å²) in [4.78, 5) is 27.3. The van der Waals surface area contributed by atoms with Gasteiger partial charge in [-0.25, -0.2) is 0 Å². The number of nitrogens with two attached hydrogens (primary N) is 1. The molecular weight excluding hydrogens is 360 g/mol. The van der Waals surface area contributed by atoms with Crippen LogP contribution in [-0.4, -0.2) is 35.3 Å². The van der Waals surface area contributed by atoms with Crippen LogP contribution in [-0.2, 0) is 11.3 Å². The van der Waals surface area contributed by atoms with Crippen LogP contribution in [0, 0.1) is 23.7 Å². The highest BCUT2D eigenvalue weighted by atomic mass is 32.1. The topological polar surface area (TPSA) is 99.2 Å². The maximum absolute atomic E-state index is 12.4. The molecule has 0 aromatic carbocycles. The van der Waals surface area contributed by atoms with Gasteiger partial charge < -0.3 is 11.1 Å². The number of nitrogens with one attached hydrogen (secondary N) is 1. The lowest BCUT2D eigenvalue weighted by Gasteiger charge is -2.25. The molecule has 1 atom stereocenters. The molecule has 2 heterocycles. The molecule has 6 nitrogen and oxygen atoms in total. The molecule has 2 amide bonds. The Hall–Kier alpha value is -1.91. The van der Waals surface area contributed by atoms with Crippen molar-refractivity contribution in [2.75, 3.05) is 13.1 Å². The van der Waals surface area contributed by atoms with Gasteiger partial charge in [-0.1, -0.05) is 32.1 Å². The van der Waals surface area contributed by atoms with Crippen LogP contribution in [0.25, 0.3) is 0 Å². The van der Waals surface area contributed by atoms with E-state index in [4.69, 9.17) is 5.73 Å². The van der Waals surface area contributed by atoms with Crippen LogP contribution in [0.15, 0.2) is 12.1 Å². The second-order valence-electron chi connectivity index (χ2n) is 7.72. The first-order chi connectivity index (χ1) is 13.0. The summed E-state index contributed by atoms with van der Waals surface area (Å²) in [7, 11) is 0. The summed E-state index contributed by atoms with van der Waals surface area (Å²) in [5.41, 5.74) is 4.47. The molecule has 3 rings (SSSR count). The Morgan fingerprint density at radius 1 is 1.37 bits per heavy atom. The molecule has 3 N–H and O–H groups in total. The number of carbonyl (C=O) groups is 2. The van der Waals surface area contributed by atoms with E-state index in [2.05, 4.69) is 16.3 Å². The fourth-order valence-electron chi connectivity index (χ4n) is 4.04. The van der Waals surface area contributed by atoms with E-state index in [1.807, 2.05) is 6.07 Å². The number of thiophene rings is 1. The summed E-state index contributed by atoms with van der Waals surface area (Å²) < 4.78 is 0. The van der Waals surface area contributed by atoms with E-state index in [1.54, 1.807) is 12.5 Å². The summed E-state index contributed by atoms with van der Waals surface area (Å²) in [6.07, 6.45) is 9.39. The molecule has 2 aliphatic rings. The van der Waals surface area contributed by atoms with Crippen LogP contribution in [0.3, 0.4) is 0 Å². The van der Waals surface area contributed by atoms with Gasteiger partial charge in [0.2, 0.25) is 5.91 Å². The SMILES string of the molecule is N#CC1(NC(=O)[CH]CC2CCCCC2)CCN(Cc2ccc(C(N)=O)s2)C1. The van der Waals surface area contributed by atoms with Gasteiger partial charge in [-0.2, -0.15) is 5.26 Å². The maximum atomic E-state index is 12.4. The number of rotatable bonds is 7. The Balaban J connectivity index is 1.49. The van der Waals surface area contributed by atoms with Crippen LogP contribution in [0.2, 0.25) is 0 Å². The standard InChI is InChI=1S/C20H27N4O2S/c21-13-20(23-18(25)9-6-15-4-2-1-3-5-15)10-11-24(14-20)12-16-7-8-17(27-16)19(22)26/h7-9,15H,1-6,10-12,14H2,(H2,22,26)(H,23,25). The van der Waals surface area contributed by atoms with Gasteiger partial charge >= 0.3 is 0 Å². The van der Waals surface area contributed by atoms with E-state index in [0.29, 0.717) is 30.3 Å². The van der Waals surface area contributed by atoms with Crippen LogP contribution in [0.1, 0.15) is 59.5 Å². The Kier molecular flexibility index (Phi) is 6.51. The van der Waals surface area contributed by atoms with Crippen molar-refractivity contribution in [3.8, 4) is 6.07 Å². The minimum Gasteiger partial charge on any atom is -0.365 e. The van der Waals surface area contributed by atoms with Crippen molar-refractivity contribution in [2.45, 2.75) is 57.0 Å². The van der Waals surface area contributed by atoms with Crippen LogP contribution in [0.4, 0.5) is 0 Å². The predicted octanol–water partition coefficient (Wildman–Crippen LogP) is 2.61. The Labute approximate surface area is 164 Å². The number of likely N-dealkylation sites (tertiary alicyclic amines) is 1. The zero-order chi connectivity index (χ0) is 19.3. The van der Waals surface area contributed by atoms with Crippen molar-refractivity contribution < 1.29 is 9.59 Å². The fraction of sp³-hybridized carbons (Fsp3) is 0.600. The molecule has 27 heavy (non-hydrogen) atoms. The number of amides is 2. The first kappa shape index (κ1) is 19.8. The molecule has 1 unspecified atom stereocenters. The second-order valence-corrected chi connectivity index (χ2v) is 8.89. The average Bonchev–Trinajstić information content (AvgIpc) is 3.29. The molecule has 7 heteroatoms. The molecule has 1 aliphatic carbocycles. The van der Waals surface area contributed by atoms with Crippen molar-refractivity contribution >= 4 is 23.2 Å². The van der Waals surface area contributed by atoms with Gasteiger partial charge in [0, 0.05) is 30.9 Å². The van der Waals surface area contributed by atoms with Crippen LogP contribution in [0.5, 0.6) is 0 Å². The number of nitrogens with zero attached hydrogens (tertiary/aromatic N) is 2. The molecule has 1 saturated carbocycles. The van der Waals surface area contributed by atoms with E-state index in [9.17, 15) is 14.9 Å². The summed E-state index contributed by atoms with van der Waals surface area (Å²) in [5, 5.41) is 12.6. The molecule has 2 fully saturated rings. The van der Waals surface area contributed by atoms with Crippen LogP contribution < -0.4 is 11.1 Å². The molecule has 145 valence electrons. The van der Waals surface area contributed by atoms with Gasteiger partial charge in [0.05, 0.1) is 10.9 Å². The largest absolute Gasteiger partial charge is 0.365 e. The van der Waals surface area contributed by atoms with E-state index >= 15 is 0 Å². The normalized spacial score (nSPS) is 23.8. The van der Waals surface area contributed by atoms with Gasteiger partial charge in [0.25, 0.3) is 5.91 Å². The van der Waals surface area contributed by atoms with Crippen molar-refractivity contribution in [2.24, 2.45) is 11.7 Å². The van der Waals surface area contributed by atoms with Gasteiger partial charge in [-0.15, -0.1) is 11.3 Å². The van der Waals surface area contributed by atoms with Crippen molar-refractivity contribution in [1.82, 2.24) is 10.2 Å². The van der Waals surface area contributed by atoms with E-state index in [-0.39, 0.29) is 5.91 Å². The quantitative estimate of drug-likeness (QED) is 0.751. The highest BCUT2D eigenvalue weighted by molar-refractivity contribution is 7.14. The summed E-state index contributed by atoms with van der Waals surface area (Å²) in [5.74, 6) is 0.0665.